The van der Waals surface area contributed by atoms with Gasteiger partial charge in [0.1, 0.15) is 0 Å². The van der Waals surface area contributed by atoms with E-state index in [4.69, 9.17) is 4.12 Å². The van der Waals surface area contributed by atoms with Gasteiger partial charge in [0.05, 0.1) is 0 Å². The molecule has 0 saturated heterocycles. The van der Waals surface area contributed by atoms with Gasteiger partial charge in [0.25, 0.3) is 0 Å². The van der Waals surface area contributed by atoms with Gasteiger partial charge in [-0.3, -0.25) is 0 Å². The van der Waals surface area contributed by atoms with Gasteiger partial charge in [0.2, 0.25) is 0 Å². The molecule has 3 rings (SSSR count). The third kappa shape index (κ3) is 4.16. The van der Waals surface area contributed by atoms with Crippen LogP contribution in [0.5, 0.6) is 0 Å². The standard InChI is InChI=1S/C18H24OSi2/c1-4-10-16(11-5-1)20-19-21(17-12-6-2-7-13-17)18-14-8-3-9-15-18/h1-2,4-7,10-13,18,21H,3,8-9,14-15,20H2. The molecule has 0 radical (unpaired) electrons. The summed E-state index contributed by atoms with van der Waals surface area (Å²) in [6, 6.07) is 21.9. The van der Waals surface area contributed by atoms with Crippen LogP contribution in [0.1, 0.15) is 32.1 Å². The van der Waals surface area contributed by atoms with Crippen molar-refractivity contribution in [3.63, 3.8) is 0 Å². The van der Waals surface area contributed by atoms with Gasteiger partial charge in [-0.2, -0.15) is 0 Å². The van der Waals surface area contributed by atoms with E-state index >= 15 is 0 Å². The monoisotopic (exact) mass is 312 g/mol. The Labute approximate surface area is 132 Å². The summed E-state index contributed by atoms with van der Waals surface area (Å²) in [6.07, 6.45) is 6.99. The predicted molar refractivity (Wildman–Crippen MR) is 95.8 cm³/mol. The van der Waals surface area contributed by atoms with Crippen LogP contribution < -0.4 is 10.4 Å². The zero-order chi connectivity index (χ0) is 14.3. The van der Waals surface area contributed by atoms with E-state index in [0.717, 1.165) is 5.54 Å². The SMILES string of the molecule is c1ccc([SiH2]O[SiH](c2ccccc2)C2CCCCC2)cc1. The van der Waals surface area contributed by atoms with Crippen LogP contribution in [0.25, 0.3) is 0 Å². The first-order valence-corrected chi connectivity index (χ1v) is 11.1. The van der Waals surface area contributed by atoms with Crippen LogP contribution in [0.15, 0.2) is 60.7 Å². The number of benzene rings is 2. The maximum atomic E-state index is 6.63. The molecule has 1 saturated carbocycles. The van der Waals surface area contributed by atoms with Gasteiger partial charge in [-0.05, 0) is 15.9 Å². The van der Waals surface area contributed by atoms with E-state index in [1.54, 1.807) is 0 Å². The predicted octanol–water partition coefficient (Wildman–Crippen LogP) is 2.38. The largest absolute Gasteiger partial charge is 0.455 e. The third-order valence-corrected chi connectivity index (χ3v) is 9.95. The zero-order valence-corrected chi connectivity index (χ0v) is 15.1. The highest BCUT2D eigenvalue weighted by atomic mass is 28.3. The molecule has 1 nitrogen and oxygen atoms in total. The van der Waals surface area contributed by atoms with Gasteiger partial charge in [-0.15, -0.1) is 0 Å². The molecule has 1 unspecified atom stereocenters. The van der Waals surface area contributed by atoms with Gasteiger partial charge < -0.3 is 4.12 Å². The molecule has 2 aromatic rings. The molecule has 21 heavy (non-hydrogen) atoms. The second-order valence-corrected chi connectivity index (χ2v) is 10.9. The minimum absolute atomic E-state index is 0.586. The Kier molecular flexibility index (Phi) is 5.43. The Hall–Kier alpha value is -1.17. The molecule has 2 aromatic carbocycles. The summed E-state index contributed by atoms with van der Waals surface area (Å²) in [5, 5.41) is 2.94. The molecule has 1 atom stereocenters. The van der Waals surface area contributed by atoms with E-state index in [1.807, 2.05) is 0 Å². The molecule has 0 heterocycles. The lowest BCUT2D eigenvalue weighted by Crippen LogP contribution is -2.42. The van der Waals surface area contributed by atoms with Crippen molar-refractivity contribution in [2.45, 2.75) is 37.6 Å². The van der Waals surface area contributed by atoms with Crippen molar-refractivity contribution in [2.75, 3.05) is 0 Å². The fraction of sp³-hybridized carbons (Fsp3) is 0.333. The highest BCUT2D eigenvalue weighted by Gasteiger charge is 2.27. The maximum Gasteiger partial charge on any atom is 0.198 e. The Morgan fingerprint density at radius 3 is 2.10 bits per heavy atom. The second kappa shape index (κ2) is 7.73. The molecular weight excluding hydrogens is 288 g/mol. The summed E-state index contributed by atoms with van der Waals surface area (Å²) in [5.74, 6) is 0. The molecular formula is C18H24OSi2. The lowest BCUT2D eigenvalue weighted by Gasteiger charge is -2.29. The Morgan fingerprint density at radius 1 is 0.810 bits per heavy atom. The van der Waals surface area contributed by atoms with E-state index in [0.29, 0.717) is 0 Å². The van der Waals surface area contributed by atoms with E-state index in [2.05, 4.69) is 60.7 Å². The van der Waals surface area contributed by atoms with Crippen molar-refractivity contribution in [2.24, 2.45) is 0 Å². The van der Waals surface area contributed by atoms with E-state index in [-0.39, 0.29) is 0 Å². The number of hydrogen-bond acceptors (Lipinski definition) is 1. The second-order valence-electron chi connectivity index (χ2n) is 6.03. The van der Waals surface area contributed by atoms with Crippen molar-refractivity contribution >= 4 is 29.2 Å². The molecule has 0 spiro atoms. The minimum Gasteiger partial charge on any atom is -0.455 e. The smallest absolute Gasteiger partial charge is 0.198 e. The van der Waals surface area contributed by atoms with Gasteiger partial charge in [-0.25, -0.2) is 0 Å². The Balaban J connectivity index is 1.72. The van der Waals surface area contributed by atoms with Crippen molar-refractivity contribution in [1.29, 1.82) is 0 Å². The first kappa shape index (κ1) is 14.8. The van der Waals surface area contributed by atoms with Crippen molar-refractivity contribution in [1.82, 2.24) is 0 Å². The van der Waals surface area contributed by atoms with Crippen molar-refractivity contribution in [3.05, 3.63) is 60.7 Å². The molecule has 0 aromatic heterocycles. The summed E-state index contributed by atoms with van der Waals surface area (Å²) in [5.41, 5.74) is 0.845. The summed E-state index contributed by atoms with van der Waals surface area (Å²) >= 11 is 0. The molecule has 0 N–H and O–H groups in total. The lowest BCUT2D eigenvalue weighted by molar-refractivity contribution is 0.467. The zero-order valence-electron chi connectivity index (χ0n) is 12.6. The lowest BCUT2D eigenvalue weighted by atomic mass is 10.0. The summed E-state index contributed by atoms with van der Waals surface area (Å²) in [7, 11) is -1.87. The quantitative estimate of drug-likeness (QED) is 0.770. The van der Waals surface area contributed by atoms with Crippen molar-refractivity contribution in [3.8, 4) is 0 Å². The molecule has 1 fully saturated rings. The molecule has 0 aliphatic heterocycles. The van der Waals surface area contributed by atoms with Crippen LogP contribution in [0.4, 0.5) is 0 Å². The van der Waals surface area contributed by atoms with Crippen LogP contribution >= 0.6 is 0 Å². The van der Waals surface area contributed by atoms with Crippen LogP contribution in [0, 0.1) is 0 Å². The van der Waals surface area contributed by atoms with Gasteiger partial charge in [-0.1, -0.05) is 92.8 Å². The van der Waals surface area contributed by atoms with Gasteiger partial charge >= 0.3 is 0 Å². The molecule has 0 amide bonds. The molecule has 1 aliphatic rings. The van der Waals surface area contributed by atoms with Crippen molar-refractivity contribution < 1.29 is 4.12 Å². The number of hydrogen-bond donors (Lipinski definition) is 0. The minimum atomic E-state index is -1.28. The molecule has 0 bridgehead atoms. The molecule has 3 heteroatoms. The van der Waals surface area contributed by atoms with E-state index in [1.165, 1.54) is 42.5 Å². The summed E-state index contributed by atoms with van der Waals surface area (Å²) < 4.78 is 6.63. The molecule has 110 valence electrons. The first-order chi connectivity index (χ1) is 10.4. The van der Waals surface area contributed by atoms with Crippen LogP contribution in [0.2, 0.25) is 5.54 Å². The van der Waals surface area contributed by atoms with E-state index in [9.17, 15) is 0 Å². The highest BCUT2D eigenvalue weighted by molar-refractivity contribution is 6.74. The van der Waals surface area contributed by atoms with Gasteiger partial charge in [0, 0.05) is 0 Å². The fourth-order valence-corrected chi connectivity index (χ4v) is 9.38. The Bertz CT molecular complexity index is 523. The van der Waals surface area contributed by atoms with Crippen LogP contribution in [-0.4, -0.2) is 18.8 Å². The van der Waals surface area contributed by atoms with Gasteiger partial charge in [0.15, 0.2) is 18.8 Å². The van der Waals surface area contributed by atoms with E-state index < -0.39 is 18.8 Å². The highest BCUT2D eigenvalue weighted by Crippen LogP contribution is 2.31. The van der Waals surface area contributed by atoms with Crippen LogP contribution in [-0.2, 0) is 4.12 Å². The summed E-state index contributed by atoms with van der Waals surface area (Å²) in [4.78, 5) is 0. The summed E-state index contributed by atoms with van der Waals surface area (Å²) in [6.45, 7) is 0. The first-order valence-electron chi connectivity index (χ1n) is 8.14. The average Bonchev–Trinajstić information content (AvgIpc) is 2.58. The topological polar surface area (TPSA) is 9.23 Å². The Morgan fingerprint density at radius 2 is 1.43 bits per heavy atom. The molecule has 1 aliphatic carbocycles. The third-order valence-electron chi connectivity index (χ3n) is 4.48. The number of rotatable bonds is 5. The fourth-order valence-electron chi connectivity index (χ4n) is 3.34. The van der Waals surface area contributed by atoms with Crippen LogP contribution in [0.3, 0.4) is 0 Å². The maximum absolute atomic E-state index is 6.63. The normalized spacial score (nSPS) is 18.1. The average molecular weight is 313 g/mol.